The summed E-state index contributed by atoms with van der Waals surface area (Å²) in [4.78, 5) is 4.41. The van der Waals surface area contributed by atoms with E-state index in [2.05, 4.69) is 37.0 Å². The first-order chi connectivity index (χ1) is 7.72. The zero-order valence-corrected chi connectivity index (χ0v) is 9.70. The number of nitrogens with two attached hydrogens (primary N) is 1. The molecule has 1 heterocycles. The molecule has 0 aliphatic heterocycles. The highest BCUT2D eigenvalue weighted by molar-refractivity contribution is 5.64. The van der Waals surface area contributed by atoms with E-state index < -0.39 is 0 Å². The van der Waals surface area contributed by atoms with Crippen LogP contribution in [0.3, 0.4) is 0 Å². The van der Waals surface area contributed by atoms with Crippen LogP contribution in [0.15, 0.2) is 36.5 Å². The van der Waals surface area contributed by atoms with Crippen molar-refractivity contribution in [2.45, 2.75) is 20.4 Å². The molecule has 0 radical (unpaired) electrons. The first-order valence-corrected chi connectivity index (χ1v) is 5.44. The van der Waals surface area contributed by atoms with Gasteiger partial charge in [-0.05, 0) is 42.7 Å². The highest BCUT2D eigenvalue weighted by Crippen LogP contribution is 2.23. The van der Waals surface area contributed by atoms with Crippen molar-refractivity contribution >= 4 is 0 Å². The lowest BCUT2D eigenvalue weighted by molar-refractivity contribution is 1.05. The number of rotatable bonds is 2. The average molecular weight is 212 g/mol. The van der Waals surface area contributed by atoms with Crippen LogP contribution >= 0.6 is 0 Å². The van der Waals surface area contributed by atoms with Gasteiger partial charge < -0.3 is 5.73 Å². The van der Waals surface area contributed by atoms with Gasteiger partial charge in [0.15, 0.2) is 0 Å². The van der Waals surface area contributed by atoms with Crippen molar-refractivity contribution in [2.24, 2.45) is 5.73 Å². The molecule has 2 N–H and O–H groups in total. The number of hydrogen-bond acceptors (Lipinski definition) is 2. The second kappa shape index (κ2) is 4.45. The van der Waals surface area contributed by atoms with Crippen molar-refractivity contribution < 1.29 is 0 Å². The highest BCUT2D eigenvalue weighted by Gasteiger charge is 2.05. The first-order valence-electron chi connectivity index (χ1n) is 5.44. The van der Waals surface area contributed by atoms with Crippen LogP contribution in [0.5, 0.6) is 0 Å². The van der Waals surface area contributed by atoms with Crippen molar-refractivity contribution in [2.75, 3.05) is 0 Å². The Morgan fingerprint density at radius 1 is 1.12 bits per heavy atom. The SMILES string of the molecule is Cc1ccc(-c2ncccc2CN)cc1C. The molecule has 0 bridgehead atoms. The zero-order chi connectivity index (χ0) is 11.5. The normalized spacial score (nSPS) is 10.4. The molecule has 0 saturated carbocycles. The van der Waals surface area contributed by atoms with E-state index in [1.165, 1.54) is 11.1 Å². The number of aryl methyl sites for hydroxylation is 2. The molecule has 0 amide bonds. The van der Waals surface area contributed by atoms with Gasteiger partial charge >= 0.3 is 0 Å². The molecule has 2 aromatic rings. The monoisotopic (exact) mass is 212 g/mol. The van der Waals surface area contributed by atoms with Gasteiger partial charge in [-0.2, -0.15) is 0 Å². The molecule has 1 aromatic heterocycles. The standard InChI is InChI=1S/C14H16N2/c1-10-5-6-12(8-11(10)2)14-13(9-15)4-3-7-16-14/h3-8H,9,15H2,1-2H3. The molecule has 0 fully saturated rings. The van der Waals surface area contributed by atoms with Gasteiger partial charge in [-0.15, -0.1) is 0 Å². The van der Waals surface area contributed by atoms with E-state index in [9.17, 15) is 0 Å². The maximum Gasteiger partial charge on any atom is 0.0746 e. The molecule has 0 saturated heterocycles. The predicted molar refractivity (Wildman–Crippen MR) is 67.0 cm³/mol. The number of benzene rings is 1. The van der Waals surface area contributed by atoms with E-state index in [-0.39, 0.29) is 0 Å². The van der Waals surface area contributed by atoms with Crippen LogP contribution in [0.4, 0.5) is 0 Å². The highest BCUT2D eigenvalue weighted by atomic mass is 14.7. The lowest BCUT2D eigenvalue weighted by Gasteiger charge is -2.08. The molecule has 2 heteroatoms. The van der Waals surface area contributed by atoms with Crippen molar-refractivity contribution in [1.29, 1.82) is 0 Å². The van der Waals surface area contributed by atoms with E-state index in [0.29, 0.717) is 6.54 Å². The van der Waals surface area contributed by atoms with Gasteiger partial charge in [0, 0.05) is 18.3 Å². The van der Waals surface area contributed by atoms with E-state index in [1.54, 1.807) is 0 Å². The fraction of sp³-hybridized carbons (Fsp3) is 0.214. The summed E-state index contributed by atoms with van der Waals surface area (Å²) in [5.74, 6) is 0. The largest absolute Gasteiger partial charge is 0.326 e. The molecule has 0 aliphatic rings. The quantitative estimate of drug-likeness (QED) is 0.831. The van der Waals surface area contributed by atoms with Crippen LogP contribution in [0.1, 0.15) is 16.7 Å². The molecule has 0 unspecified atom stereocenters. The van der Waals surface area contributed by atoms with Crippen LogP contribution in [0, 0.1) is 13.8 Å². The predicted octanol–water partition coefficient (Wildman–Crippen LogP) is 2.82. The van der Waals surface area contributed by atoms with Gasteiger partial charge in [0.05, 0.1) is 5.69 Å². The molecule has 2 rings (SSSR count). The summed E-state index contributed by atoms with van der Waals surface area (Å²) in [5, 5.41) is 0. The zero-order valence-electron chi connectivity index (χ0n) is 9.70. The Balaban J connectivity index is 2.54. The molecular formula is C14H16N2. The Labute approximate surface area is 96.1 Å². The summed E-state index contributed by atoms with van der Waals surface area (Å²) < 4.78 is 0. The van der Waals surface area contributed by atoms with Crippen LogP contribution in [0.2, 0.25) is 0 Å². The van der Waals surface area contributed by atoms with Crippen LogP contribution < -0.4 is 5.73 Å². The molecule has 82 valence electrons. The molecular weight excluding hydrogens is 196 g/mol. The Morgan fingerprint density at radius 3 is 2.62 bits per heavy atom. The minimum absolute atomic E-state index is 0.524. The minimum atomic E-state index is 0.524. The lowest BCUT2D eigenvalue weighted by Crippen LogP contribution is -2.00. The van der Waals surface area contributed by atoms with Gasteiger partial charge in [0.1, 0.15) is 0 Å². The van der Waals surface area contributed by atoms with Crippen molar-refractivity contribution in [3.63, 3.8) is 0 Å². The smallest absolute Gasteiger partial charge is 0.0746 e. The van der Waals surface area contributed by atoms with Crippen LogP contribution in [-0.2, 0) is 6.54 Å². The van der Waals surface area contributed by atoms with Gasteiger partial charge in [0.25, 0.3) is 0 Å². The minimum Gasteiger partial charge on any atom is -0.326 e. The second-order valence-electron chi connectivity index (χ2n) is 4.01. The fourth-order valence-electron chi connectivity index (χ4n) is 1.75. The second-order valence-corrected chi connectivity index (χ2v) is 4.01. The van der Waals surface area contributed by atoms with Crippen LogP contribution in [-0.4, -0.2) is 4.98 Å². The Kier molecular flexibility index (Phi) is 3.02. The molecule has 0 spiro atoms. The summed E-state index contributed by atoms with van der Waals surface area (Å²) in [7, 11) is 0. The Bertz CT molecular complexity index is 504. The van der Waals surface area contributed by atoms with Gasteiger partial charge in [-0.25, -0.2) is 0 Å². The average Bonchev–Trinajstić information content (AvgIpc) is 2.32. The maximum absolute atomic E-state index is 5.72. The summed E-state index contributed by atoms with van der Waals surface area (Å²) in [6, 6.07) is 10.3. The van der Waals surface area contributed by atoms with Crippen molar-refractivity contribution in [3.8, 4) is 11.3 Å². The third-order valence-corrected chi connectivity index (χ3v) is 2.89. The molecule has 0 aliphatic carbocycles. The number of nitrogens with zero attached hydrogens (tertiary/aromatic N) is 1. The first kappa shape index (κ1) is 10.8. The summed E-state index contributed by atoms with van der Waals surface area (Å²) >= 11 is 0. The fourth-order valence-corrected chi connectivity index (χ4v) is 1.75. The molecule has 16 heavy (non-hydrogen) atoms. The Hall–Kier alpha value is -1.67. The lowest BCUT2D eigenvalue weighted by atomic mass is 10.0. The molecule has 2 nitrogen and oxygen atoms in total. The van der Waals surface area contributed by atoms with E-state index in [0.717, 1.165) is 16.8 Å². The van der Waals surface area contributed by atoms with E-state index in [4.69, 9.17) is 5.73 Å². The third-order valence-electron chi connectivity index (χ3n) is 2.89. The van der Waals surface area contributed by atoms with Crippen molar-refractivity contribution in [3.05, 3.63) is 53.2 Å². The van der Waals surface area contributed by atoms with E-state index in [1.807, 2.05) is 18.3 Å². The maximum atomic E-state index is 5.72. The summed E-state index contributed by atoms with van der Waals surface area (Å²) in [5.41, 5.74) is 11.5. The van der Waals surface area contributed by atoms with E-state index >= 15 is 0 Å². The number of pyridine rings is 1. The van der Waals surface area contributed by atoms with Crippen LogP contribution in [0.25, 0.3) is 11.3 Å². The molecule has 0 atom stereocenters. The summed E-state index contributed by atoms with van der Waals surface area (Å²) in [6.45, 7) is 4.75. The number of aromatic nitrogens is 1. The summed E-state index contributed by atoms with van der Waals surface area (Å²) in [6.07, 6.45) is 1.81. The van der Waals surface area contributed by atoms with Gasteiger partial charge in [-0.1, -0.05) is 18.2 Å². The van der Waals surface area contributed by atoms with Gasteiger partial charge in [0.2, 0.25) is 0 Å². The number of hydrogen-bond donors (Lipinski definition) is 1. The molecule has 1 aromatic carbocycles. The topological polar surface area (TPSA) is 38.9 Å². The van der Waals surface area contributed by atoms with Gasteiger partial charge in [-0.3, -0.25) is 4.98 Å². The Morgan fingerprint density at radius 2 is 1.94 bits per heavy atom. The van der Waals surface area contributed by atoms with Crippen molar-refractivity contribution in [1.82, 2.24) is 4.98 Å². The third kappa shape index (κ3) is 1.97.